The molecule has 0 aromatic heterocycles. The zero-order chi connectivity index (χ0) is 11.4. The average Bonchev–Trinajstić information content (AvgIpc) is 2.30. The van der Waals surface area contributed by atoms with Gasteiger partial charge < -0.3 is 5.73 Å². The van der Waals surface area contributed by atoms with Gasteiger partial charge in [-0.25, -0.2) is 0 Å². The van der Waals surface area contributed by atoms with Crippen molar-refractivity contribution in [2.75, 3.05) is 5.73 Å². The molecular weight excluding hydrogens is 238 g/mol. The topological polar surface area (TPSA) is 26.0 Å². The summed E-state index contributed by atoms with van der Waals surface area (Å²) in [4.78, 5) is 1.22. The summed E-state index contributed by atoms with van der Waals surface area (Å²) in [7, 11) is 0. The summed E-state index contributed by atoms with van der Waals surface area (Å²) in [5.74, 6) is 0.801. The Bertz CT molecular complexity index is 450. The van der Waals surface area contributed by atoms with E-state index in [0.717, 1.165) is 22.0 Å². The highest BCUT2D eigenvalue weighted by Crippen LogP contribution is 2.29. The molecule has 3 heteroatoms. The van der Waals surface area contributed by atoms with E-state index < -0.39 is 0 Å². The van der Waals surface area contributed by atoms with Crippen LogP contribution in [0.4, 0.5) is 5.69 Å². The largest absolute Gasteiger partial charge is 0.398 e. The SMILES string of the molecule is Nc1cccc(Cl)c1CSc1ccccc1. The number of hydrogen-bond acceptors (Lipinski definition) is 2. The zero-order valence-electron chi connectivity index (χ0n) is 8.69. The number of halogens is 1. The van der Waals surface area contributed by atoms with Crippen LogP contribution in [0.15, 0.2) is 53.4 Å². The minimum absolute atomic E-state index is 0.739. The molecular formula is C13H12ClNS. The Balaban J connectivity index is 2.11. The first-order chi connectivity index (χ1) is 7.77. The van der Waals surface area contributed by atoms with E-state index in [1.165, 1.54) is 4.90 Å². The van der Waals surface area contributed by atoms with E-state index >= 15 is 0 Å². The van der Waals surface area contributed by atoms with Crippen molar-refractivity contribution in [1.29, 1.82) is 0 Å². The lowest BCUT2D eigenvalue weighted by molar-refractivity contribution is 1.38. The Morgan fingerprint density at radius 2 is 1.75 bits per heavy atom. The van der Waals surface area contributed by atoms with E-state index in [2.05, 4.69) is 12.1 Å². The van der Waals surface area contributed by atoms with E-state index in [0.29, 0.717) is 0 Å². The van der Waals surface area contributed by atoms with Crippen molar-refractivity contribution in [1.82, 2.24) is 0 Å². The summed E-state index contributed by atoms with van der Waals surface area (Å²) in [6.07, 6.45) is 0. The molecule has 0 saturated carbocycles. The van der Waals surface area contributed by atoms with Crippen LogP contribution in [0.5, 0.6) is 0 Å². The standard InChI is InChI=1S/C13H12ClNS/c14-12-7-4-8-13(15)11(12)9-16-10-5-2-1-3-6-10/h1-8H,9,15H2. The Morgan fingerprint density at radius 1 is 1.00 bits per heavy atom. The molecule has 0 spiro atoms. The van der Waals surface area contributed by atoms with Gasteiger partial charge in [-0.1, -0.05) is 35.9 Å². The van der Waals surface area contributed by atoms with Crippen molar-refractivity contribution >= 4 is 29.1 Å². The van der Waals surface area contributed by atoms with Crippen molar-refractivity contribution in [2.45, 2.75) is 10.6 Å². The first kappa shape index (κ1) is 11.4. The summed E-state index contributed by atoms with van der Waals surface area (Å²) in [5.41, 5.74) is 7.66. The minimum Gasteiger partial charge on any atom is -0.398 e. The molecule has 16 heavy (non-hydrogen) atoms. The summed E-state index contributed by atoms with van der Waals surface area (Å²) >= 11 is 7.84. The van der Waals surface area contributed by atoms with Crippen molar-refractivity contribution in [3.8, 4) is 0 Å². The van der Waals surface area contributed by atoms with Gasteiger partial charge in [0.15, 0.2) is 0 Å². The van der Waals surface area contributed by atoms with Crippen LogP contribution < -0.4 is 5.73 Å². The maximum Gasteiger partial charge on any atom is 0.0467 e. The van der Waals surface area contributed by atoms with Crippen LogP contribution in [0, 0.1) is 0 Å². The van der Waals surface area contributed by atoms with Crippen LogP contribution in [0.25, 0.3) is 0 Å². The molecule has 0 aliphatic heterocycles. The number of benzene rings is 2. The summed E-state index contributed by atoms with van der Waals surface area (Å²) in [6, 6.07) is 15.8. The van der Waals surface area contributed by atoms with E-state index in [1.54, 1.807) is 11.8 Å². The van der Waals surface area contributed by atoms with E-state index in [9.17, 15) is 0 Å². The number of rotatable bonds is 3. The van der Waals surface area contributed by atoms with Crippen molar-refractivity contribution in [3.05, 3.63) is 59.1 Å². The molecule has 0 aliphatic rings. The number of hydrogen-bond donors (Lipinski definition) is 1. The lowest BCUT2D eigenvalue weighted by atomic mass is 10.2. The van der Waals surface area contributed by atoms with Gasteiger partial charge in [0.25, 0.3) is 0 Å². The first-order valence-corrected chi connectivity index (χ1v) is 6.34. The molecule has 0 heterocycles. The van der Waals surface area contributed by atoms with Gasteiger partial charge in [0, 0.05) is 26.9 Å². The Hall–Kier alpha value is -1.12. The third-order valence-corrected chi connectivity index (χ3v) is 3.67. The van der Waals surface area contributed by atoms with Gasteiger partial charge >= 0.3 is 0 Å². The molecule has 0 bridgehead atoms. The fourth-order valence-electron chi connectivity index (χ4n) is 1.40. The number of nitrogens with two attached hydrogens (primary N) is 1. The summed E-state index contributed by atoms with van der Waals surface area (Å²) in [6.45, 7) is 0. The second-order valence-corrected chi connectivity index (χ2v) is 4.87. The van der Waals surface area contributed by atoms with Crippen LogP contribution >= 0.6 is 23.4 Å². The molecule has 82 valence electrons. The van der Waals surface area contributed by atoms with E-state index in [-0.39, 0.29) is 0 Å². The molecule has 0 aliphatic carbocycles. The van der Waals surface area contributed by atoms with Crippen molar-refractivity contribution < 1.29 is 0 Å². The van der Waals surface area contributed by atoms with Crippen LogP contribution in [-0.2, 0) is 5.75 Å². The molecule has 0 fully saturated rings. The highest BCUT2D eigenvalue weighted by Gasteiger charge is 2.04. The van der Waals surface area contributed by atoms with Gasteiger partial charge in [0.05, 0.1) is 0 Å². The number of thioether (sulfide) groups is 1. The predicted octanol–water partition coefficient (Wildman–Crippen LogP) is 4.21. The van der Waals surface area contributed by atoms with Gasteiger partial charge in [-0.15, -0.1) is 11.8 Å². The second-order valence-electron chi connectivity index (χ2n) is 3.41. The molecule has 0 radical (unpaired) electrons. The molecule has 2 rings (SSSR count). The molecule has 0 atom stereocenters. The fourth-order valence-corrected chi connectivity index (χ4v) is 2.71. The molecule has 0 saturated heterocycles. The monoisotopic (exact) mass is 249 g/mol. The molecule has 2 N–H and O–H groups in total. The van der Waals surface area contributed by atoms with Crippen LogP contribution in [0.1, 0.15) is 5.56 Å². The number of nitrogen functional groups attached to an aromatic ring is 1. The van der Waals surface area contributed by atoms with Gasteiger partial charge in [-0.2, -0.15) is 0 Å². The zero-order valence-corrected chi connectivity index (χ0v) is 10.3. The molecule has 0 unspecified atom stereocenters. The lowest BCUT2D eigenvalue weighted by Gasteiger charge is -2.07. The third kappa shape index (κ3) is 2.71. The number of anilines is 1. The predicted molar refractivity (Wildman–Crippen MR) is 71.9 cm³/mol. The smallest absolute Gasteiger partial charge is 0.0467 e. The molecule has 1 nitrogen and oxygen atoms in total. The first-order valence-electron chi connectivity index (χ1n) is 4.98. The maximum atomic E-state index is 6.10. The van der Waals surface area contributed by atoms with Gasteiger partial charge in [-0.05, 0) is 24.3 Å². The highest BCUT2D eigenvalue weighted by molar-refractivity contribution is 7.98. The van der Waals surface area contributed by atoms with Crippen LogP contribution in [0.2, 0.25) is 5.02 Å². The van der Waals surface area contributed by atoms with Gasteiger partial charge in [0.2, 0.25) is 0 Å². The summed E-state index contributed by atoms with van der Waals surface area (Å²) in [5, 5.41) is 0.739. The average molecular weight is 250 g/mol. The van der Waals surface area contributed by atoms with Crippen molar-refractivity contribution in [2.24, 2.45) is 0 Å². The van der Waals surface area contributed by atoms with E-state index in [1.807, 2.05) is 36.4 Å². The molecule has 0 amide bonds. The Morgan fingerprint density at radius 3 is 2.44 bits per heavy atom. The van der Waals surface area contributed by atoms with Crippen LogP contribution in [0.3, 0.4) is 0 Å². The lowest BCUT2D eigenvalue weighted by Crippen LogP contribution is -1.93. The second kappa shape index (κ2) is 5.28. The Labute approximate surface area is 105 Å². The quantitative estimate of drug-likeness (QED) is 0.651. The minimum atomic E-state index is 0.739. The van der Waals surface area contributed by atoms with Crippen LogP contribution in [-0.4, -0.2) is 0 Å². The van der Waals surface area contributed by atoms with E-state index in [4.69, 9.17) is 17.3 Å². The Kier molecular flexibility index (Phi) is 3.75. The van der Waals surface area contributed by atoms with Gasteiger partial charge in [-0.3, -0.25) is 0 Å². The summed E-state index contributed by atoms with van der Waals surface area (Å²) < 4.78 is 0. The third-order valence-electron chi connectivity index (χ3n) is 2.28. The fraction of sp³-hybridized carbons (Fsp3) is 0.0769. The highest BCUT2D eigenvalue weighted by atomic mass is 35.5. The van der Waals surface area contributed by atoms with Gasteiger partial charge in [0.1, 0.15) is 0 Å². The molecule has 2 aromatic carbocycles. The normalized spacial score (nSPS) is 10.3. The molecule has 2 aromatic rings. The maximum absolute atomic E-state index is 6.10. The van der Waals surface area contributed by atoms with Crippen molar-refractivity contribution in [3.63, 3.8) is 0 Å².